The Balaban J connectivity index is 1.49. The normalized spacial score (nSPS) is 18.7. The van der Waals surface area contributed by atoms with Gasteiger partial charge in [-0.15, -0.1) is 0 Å². The first-order chi connectivity index (χ1) is 12.4. The van der Waals surface area contributed by atoms with Gasteiger partial charge in [0.1, 0.15) is 5.82 Å². The van der Waals surface area contributed by atoms with E-state index in [1.54, 1.807) is 12.1 Å². The molecule has 0 radical (unpaired) electrons. The number of carbonyl (C=O) groups is 2. The van der Waals surface area contributed by atoms with Crippen molar-refractivity contribution in [2.75, 3.05) is 19.6 Å². The minimum absolute atomic E-state index is 0.0701. The molecule has 1 heterocycles. The second-order valence-electron chi connectivity index (χ2n) is 8.32. The third-order valence-corrected chi connectivity index (χ3v) is 5.76. The summed E-state index contributed by atoms with van der Waals surface area (Å²) in [5, 5.41) is 3.03. The van der Waals surface area contributed by atoms with Crippen LogP contribution < -0.4 is 5.32 Å². The van der Waals surface area contributed by atoms with E-state index in [1.165, 1.54) is 25.0 Å². The largest absolute Gasteiger partial charge is 0.356 e. The van der Waals surface area contributed by atoms with Gasteiger partial charge in [-0.2, -0.15) is 0 Å². The summed E-state index contributed by atoms with van der Waals surface area (Å²) < 4.78 is 13.2. The number of hydrogen-bond donors (Lipinski definition) is 1. The van der Waals surface area contributed by atoms with Crippen LogP contribution in [0.4, 0.5) is 4.39 Å². The third-order valence-electron chi connectivity index (χ3n) is 5.76. The molecule has 0 atom stereocenters. The van der Waals surface area contributed by atoms with Crippen molar-refractivity contribution in [2.24, 2.45) is 11.8 Å². The minimum Gasteiger partial charge on any atom is -0.356 e. The van der Waals surface area contributed by atoms with Crippen LogP contribution in [0.5, 0.6) is 0 Å². The minimum atomic E-state index is -0.678. The van der Waals surface area contributed by atoms with E-state index in [0.29, 0.717) is 31.3 Å². The molecule has 1 saturated carbocycles. The van der Waals surface area contributed by atoms with Crippen LogP contribution in [0.25, 0.3) is 0 Å². The molecule has 0 aromatic heterocycles. The Morgan fingerprint density at radius 2 is 1.69 bits per heavy atom. The van der Waals surface area contributed by atoms with E-state index in [1.807, 2.05) is 18.7 Å². The highest BCUT2D eigenvalue weighted by Gasteiger charge is 2.35. The van der Waals surface area contributed by atoms with Crippen molar-refractivity contribution in [1.29, 1.82) is 0 Å². The zero-order valence-corrected chi connectivity index (χ0v) is 15.8. The van der Waals surface area contributed by atoms with E-state index in [9.17, 15) is 14.0 Å². The second kappa shape index (κ2) is 7.77. The highest BCUT2D eigenvalue weighted by Crippen LogP contribution is 2.30. The van der Waals surface area contributed by atoms with Crippen molar-refractivity contribution in [3.8, 4) is 0 Å². The van der Waals surface area contributed by atoms with E-state index in [-0.39, 0.29) is 17.6 Å². The number of benzene rings is 1. The maximum Gasteiger partial charge on any atom is 0.232 e. The number of likely N-dealkylation sites (tertiary alicyclic amines) is 1. The summed E-state index contributed by atoms with van der Waals surface area (Å²) in [7, 11) is 0. The molecular weight excluding hydrogens is 331 g/mol. The van der Waals surface area contributed by atoms with Crippen LogP contribution in [0.3, 0.4) is 0 Å². The molecule has 0 spiro atoms. The van der Waals surface area contributed by atoms with Crippen LogP contribution in [0, 0.1) is 17.7 Å². The van der Waals surface area contributed by atoms with E-state index in [4.69, 9.17) is 0 Å². The Morgan fingerprint density at radius 1 is 1.08 bits per heavy atom. The lowest BCUT2D eigenvalue weighted by Crippen LogP contribution is -2.47. The molecule has 1 saturated heterocycles. The van der Waals surface area contributed by atoms with Gasteiger partial charge in [0.05, 0.1) is 5.41 Å². The van der Waals surface area contributed by atoms with Crippen LogP contribution in [0.1, 0.15) is 51.5 Å². The average Bonchev–Trinajstić information content (AvgIpc) is 3.45. The van der Waals surface area contributed by atoms with E-state index >= 15 is 0 Å². The quantitative estimate of drug-likeness (QED) is 0.846. The van der Waals surface area contributed by atoms with Gasteiger partial charge < -0.3 is 10.2 Å². The Morgan fingerprint density at radius 3 is 2.27 bits per heavy atom. The monoisotopic (exact) mass is 360 g/mol. The zero-order valence-electron chi connectivity index (χ0n) is 15.8. The van der Waals surface area contributed by atoms with Gasteiger partial charge >= 0.3 is 0 Å². The SMILES string of the molecule is CC(C)(C(=O)N1CCC(CC(=O)NCC2CC2)CC1)c1ccc(F)cc1. The van der Waals surface area contributed by atoms with E-state index in [0.717, 1.165) is 24.9 Å². The summed E-state index contributed by atoms with van der Waals surface area (Å²) in [6.45, 7) is 5.97. The lowest BCUT2D eigenvalue weighted by Gasteiger charge is -2.37. The molecule has 1 aliphatic heterocycles. The van der Waals surface area contributed by atoms with Gasteiger partial charge in [0.15, 0.2) is 0 Å². The fourth-order valence-electron chi connectivity index (χ4n) is 3.64. The van der Waals surface area contributed by atoms with Crippen molar-refractivity contribution in [1.82, 2.24) is 10.2 Å². The number of nitrogens with zero attached hydrogens (tertiary/aromatic N) is 1. The van der Waals surface area contributed by atoms with Crippen LogP contribution in [0.15, 0.2) is 24.3 Å². The summed E-state index contributed by atoms with van der Waals surface area (Å²) in [5.41, 5.74) is 0.146. The van der Waals surface area contributed by atoms with Crippen LogP contribution >= 0.6 is 0 Å². The summed E-state index contributed by atoms with van der Waals surface area (Å²) in [4.78, 5) is 26.9. The Kier molecular flexibility index (Phi) is 5.64. The summed E-state index contributed by atoms with van der Waals surface area (Å²) in [5.74, 6) is 0.978. The van der Waals surface area contributed by atoms with Crippen molar-refractivity contribution in [3.05, 3.63) is 35.6 Å². The smallest absolute Gasteiger partial charge is 0.232 e. The molecule has 2 amide bonds. The van der Waals surface area contributed by atoms with Gasteiger partial charge in [-0.1, -0.05) is 12.1 Å². The number of hydrogen-bond acceptors (Lipinski definition) is 2. The maximum absolute atomic E-state index is 13.2. The molecule has 4 nitrogen and oxygen atoms in total. The molecule has 2 fully saturated rings. The highest BCUT2D eigenvalue weighted by atomic mass is 19.1. The predicted octanol–water partition coefficient (Wildman–Crippen LogP) is 3.26. The molecular formula is C21H29FN2O2. The first kappa shape index (κ1) is 18.9. The first-order valence-electron chi connectivity index (χ1n) is 9.68. The summed E-state index contributed by atoms with van der Waals surface area (Å²) in [6.07, 6.45) is 4.77. The number of nitrogens with one attached hydrogen (secondary N) is 1. The van der Waals surface area contributed by atoms with Crippen molar-refractivity contribution >= 4 is 11.8 Å². The van der Waals surface area contributed by atoms with Gasteiger partial charge in [0, 0.05) is 26.1 Å². The molecule has 3 rings (SSSR count). The predicted molar refractivity (Wildman–Crippen MR) is 99.1 cm³/mol. The number of amides is 2. The molecule has 1 N–H and O–H groups in total. The van der Waals surface area contributed by atoms with Gasteiger partial charge in [0.2, 0.25) is 11.8 Å². The topological polar surface area (TPSA) is 49.4 Å². The Hall–Kier alpha value is -1.91. The fraction of sp³-hybridized carbons (Fsp3) is 0.619. The standard InChI is InChI=1S/C21H29FN2O2/c1-21(2,17-5-7-18(22)8-6-17)20(26)24-11-9-15(10-12-24)13-19(25)23-14-16-3-4-16/h5-8,15-16H,3-4,9-14H2,1-2H3,(H,23,25). The molecule has 26 heavy (non-hydrogen) atoms. The summed E-state index contributed by atoms with van der Waals surface area (Å²) in [6, 6.07) is 6.17. The lowest BCUT2D eigenvalue weighted by atomic mass is 9.82. The average molecular weight is 360 g/mol. The molecule has 2 aliphatic rings. The van der Waals surface area contributed by atoms with Crippen LogP contribution in [-0.2, 0) is 15.0 Å². The fourth-order valence-corrected chi connectivity index (χ4v) is 3.64. The molecule has 1 aromatic carbocycles. The van der Waals surface area contributed by atoms with Gasteiger partial charge in [0.25, 0.3) is 0 Å². The molecule has 5 heteroatoms. The molecule has 1 aliphatic carbocycles. The van der Waals surface area contributed by atoms with Crippen LogP contribution in [-0.4, -0.2) is 36.3 Å². The molecule has 0 bridgehead atoms. The molecule has 142 valence electrons. The maximum atomic E-state index is 13.2. The number of halogens is 1. The third kappa shape index (κ3) is 4.63. The second-order valence-corrected chi connectivity index (χ2v) is 8.32. The lowest BCUT2D eigenvalue weighted by molar-refractivity contribution is -0.137. The van der Waals surface area contributed by atoms with E-state index in [2.05, 4.69) is 5.32 Å². The van der Waals surface area contributed by atoms with Crippen LogP contribution in [0.2, 0.25) is 0 Å². The number of piperidine rings is 1. The molecule has 0 unspecified atom stereocenters. The number of carbonyl (C=O) groups excluding carboxylic acids is 2. The van der Waals surface area contributed by atoms with Crippen molar-refractivity contribution < 1.29 is 14.0 Å². The van der Waals surface area contributed by atoms with Gasteiger partial charge in [-0.05, 0) is 69.1 Å². The number of rotatable bonds is 6. The van der Waals surface area contributed by atoms with Gasteiger partial charge in [-0.25, -0.2) is 4.39 Å². The van der Waals surface area contributed by atoms with Crippen molar-refractivity contribution in [2.45, 2.75) is 51.4 Å². The molecule has 1 aromatic rings. The zero-order chi connectivity index (χ0) is 18.7. The Bertz CT molecular complexity index is 644. The first-order valence-corrected chi connectivity index (χ1v) is 9.68. The van der Waals surface area contributed by atoms with Gasteiger partial charge in [-0.3, -0.25) is 9.59 Å². The van der Waals surface area contributed by atoms with E-state index < -0.39 is 5.41 Å². The summed E-state index contributed by atoms with van der Waals surface area (Å²) >= 11 is 0. The van der Waals surface area contributed by atoms with Crippen molar-refractivity contribution in [3.63, 3.8) is 0 Å². The Labute approximate surface area is 155 Å². The highest BCUT2D eigenvalue weighted by molar-refractivity contribution is 5.87.